The molecule has 0 bridgehead atoms. The van der Waals surface area contributed by atoms with E-state index >= 15 is 0 Å². The molecule has 10 nitrogen and oxygen atoms in total. The van der Waals surface area contributed by atoms with Crippen molar-refractivity contribution in [2.24, 2.45) is 16.8 Å². The van der Waals surface area contributed by atoms with Crippen LogP contribution in [0, 0.1) is 11.8 Å². The molecule has 0 saturated carbocycles. The molecule has 0 N–H and O–H groups in total. The van der Waals surface area contributed by atoms with Crippen LogP contribution in [0.2, 0.25) is 0 Å². The number of imidazole rings is 1. The minimum absolute atomic E-state index is 0.471. The molecule has 0 radical (unpaired) electrons. The number of aliphatic imine (C=N–C) groups is 1. The number of hydrogen-bond acceptors (Lipinski definition) is 9. The summed E-state index contributed by atoms with van der Waals surface area (Å²) in [7, 11) is 0. The summed E-state index contributed by atoms with van der Waals surface area (Å²) < 4.78 is 4.13. The molecule has 6 aromatic heterocycles. The Labute approximate surface area is 568 Å². The van der Waals surface area contributed by atoms with E-state index in [1.807, 2.05) is 29.6 Å². The molecule has 0 spiro atoms. The standard InChI is InChI=1S/C12H18.2C11H17N.C10H16N2.C10H17N.2C9H16N2.C9H15NS/c1-9(2)11-6-5-7-12(8-11)10(3)4;1-8(2)10-5-6-12-11(7-10)9(3)4;1-8(2)10-5-6-11(9(3)4)12-7-10;1-7(2)9-5-6-10(8(3)4)12-11-9;1-7(2)9-5-10(8(3)4)11-6-9;1-7(2)9-5-11(6-10-9)8(3)4;1-7(2)9-5-10-11(6-9)8(3)4;1-6(2)8-5-11-9(10-8)7(3)4/h5-10H,1-4H3;2*5-9H,1-4H3;5-8H,1-4H3;5,7-8H,6H2,1-4H3;2*5-8H,1-4H3;5-7H,1-4H3. The second kappa shape index (κ2) is 43.1. The molecule has 512 valence electrons. The molecule has 1 aromatic carbocycles. The van der Waals surface area contributed by atoms with Crippen molar-refractivity contribution >= 4 is 17.0 Å². The Bertz CT molecular complexity index is 2700. The average molecular weight is 1280 g/mol. The third kappa shape index (κ3) is 32.3. The largest absolute Gasteiger partial charge is 0.335 e. The Morgan fingerprint density at radius 2 is 0.848 bits per heavy atom. The summed E-state index contributed by atoms with van der Waals surface area (Å²) in [6.45, 7) is 70.7. The lowest BCUT2D eigenvalue weighted by Gasteiger charge is -2.09. The van der Waals surface area contributed by atoms with E-state index in [1.165, 1.54) is 66.9 Å². The van der Waals surface area contributed by atoms with Crippen LogP contribution < -0.4 is 0 Å². The van der Waals surface area contributed by atoms with Crippen molar-refractivity contribution in [3.63, 3.8) is 0 Å². The van der Waals surface area contributed by atoms with E-state index in [0.29, 0.717) is 94.9 Å². The highest BCUT2D eigenvalue weighted by atomic mass is 32.1. The lowest BCUT2D eigenvalue weighted by Crippen LogP contribution is -2.00. The Morgan fingerprint density at radius 3 is 1.15 bits per heavy atom. The fourth-order valence-electron chi connectivity index (χ4n) is 8.35. The number of aromatic nitrogens is 9. The van der Waals surface area contributed by atoms with Crippen molar-refractivity contribution < 1.29 is 0 Å². The predicted molar refractivity (Wildman–Crippen MR) is 403 cm³/mol. The first-order valence-electron chi connectivity index (χ1n) is 35.0. The van der Waals surface area contributed by atoms with E-state index in [4.69, 9.17) is 0 Å². The van der Waals surface area contributed by atoms with E-state index in [1.54, 1.807) is 11.3 Å². The first kappa shape index (κ1) is 84.1. The molecular formula is C81H132N10S. The van der Waals surface area contributed by atoms with E-state index in [9.17, 15) is 0 Å². The monoisotopic (exact) mass is 1280 g/mol. The van der Waals surface area contributed by atoms with Gasteiger partial charge in [0, 0.05) is 65.3 Å². The van der Waals surface area contributed by atoms with Gasteiger partial charge in [0.05, 0.1) is 46.9 Å². The molecule has 0 aliphatic carbocycles. The molecule has 0 saturated heterocycles. The van der Waals surface area contributed by atoms with Crippen LogP contribution in [0.25, 0.3) is 0 Å². The number of allylic oxidation sites excluding steroid dienone is 1. The molecule has 0 fully saturated rings. The van der Waals surface area contributed by atoms with Gasteiger partial charge in [-0.2, -0.15) is 15.3 Å². The van der Waals surface area contributed by atoms with Gasteiger partial charge in [-0.1, -0.05) is 224 Å². The SMILES string of the molecule is CC(C)C1=CC(C(C)C)=NC1.CC(C)c1ccc(C(C)C)nc1.CC(C)c1ccc(C(C)C)nn1.CC(C)c1cccc(C(C)C)c1.CC(C)c1ccnc(C(C)C)c1.CC(C)c1cn(C(C)C)cn1.CC(C)c1cnn(C(C)C)c1.CC(C)c1csc(C(C)C)n1. The predicted octanol–water partition coefficient (Wildman–Crippen LogP) is 24.6. The number of benzene rings is 1. The first-order chi connectivity index (χ1) is 42.9. The molecule has 0 atom stereocenters. The van der Waals surface area contributed by atoms with Crippen LogP contribution in [0.3, 0.4) is 0 Å². The molecule has 0 amide bonds. The molecule has 1 aliphatic rings. The van der Waals surface area contributed by atoms with Gasteiger partial charge in [-0.3, -0.25) is 19.6 Å². The van der Waals surface area contributed by atoms with Gasteiger partial charge < -0.3 is 4.57 Å². The van der Waals surface area contributed by atoms with Gasteiger partial charge in [0.1, 0.15) is 0 Å². The van der Waals surface area contributed by atoms with Gasteiger partial charge in [-0.25, -0.2) is 9.97 Å². The Balaban J connectivity index is 0.000000526. The molecule has 92 heavy (non-hydrogen) atoms. The average Bonchev–Trinajstić information content (AvgIpc) is 1.57. The topological polar surface area (TPSA) is 112 Å². The number of pyridine rings is 2. The zero-order valence-electron chi connectivity index (χ0n) is 64.2. The van der Waals surface area contributed by atoms with Gasteiger partial charge in [0.15, 0.2) is 0 Å². The molecular weight excluding hydrogens is 1150 g/mol. The van der Waals surface area contributed by atoms with Crippen molar-refractivity contribution in [2.75, 3.05) is 6.54 Å². The number of rotatable bonds is 16. The van der Waals surface area contributed by atoms with Gasteiger partial charge >= 0.3 is 0 Å². The van der Waals surface area contributed by atoms with Crippen molar-refractivity contribution in [3.05, 3.63) is 182 Å². The summed E-state index contributed by atoms with van der Waals surface area (Å²) in [6.07, 6.45) is 14.2. The molecule has 0 unspecified atom stereocenters. The van der Waals surface area contributed by atoms with Gasteiger partial charge in [-0.15, -0.1) is 11.3 Å². The lowest BCUT2D eigenvalue weighted by molar-refractivity contribution is 0.531. The smallest absolute Gasteiger partial charge is 0.0953 e. The lowest BCUT2D eigenvalue weighted by atomic mass is 9.96. The molecule has 7 heterocycles. The number of hydrogen-bond donors (Lipinski definition) is 0. The van der Waals surface area contributed by atoms with Crippen LogP contribution in [0.5, 0.6) is 0 Å². The van der Waals surface area contributed by atoms with Crippen LogP contribution in [-0.4, -0.2) is 56.7 Å². The third-order valence-electron chi connectivity index (χ3n) is 15.6. The normalized spacial score (nSPS) is 12.0. The maximum absolute atomic E-state index is 4.53. The van der Waals surface area contributed by atoms with Crippen LogP contribution >= 0.6 is 11.3 Å². The highest BCUT2D eigenvalue weighted by Crippen LogP contribution is 2.25. The first-order valence-corrected chi connectivity index (χ1v) is 35.9. The summed E-state index contributed by atoms with van der Waals surface area (Å²) >= 11 is 1.77. The highest BCUT2D eigenvalue weighted by Gasteiger charge is 2.14. The zero-order chi connectivity index (χ0) is 70.3. The fraction of sp³-hybridized carbons (Fsp3) is 0.605. The quantitative estimate of drug-likeness (QED) is 0.0947. The van der Waals surface area contributed by atoms with E-state index in [0.717, 1.165) is 17.9 Å². The number of nitrogens with zero attached hydrogens (tertiary/aromatic N) is 10. The molecule has 8 rings (SSSR count). The van der Waals surface area contributed by atoms with Crippen LogP contribution in [0.15, 0.2) is 120 Å². The maximum atomic E-state index is 4.53. The Kier molecular flexibility index (Phi) is 39.4. The van der Waals surface area contributed by atoms with Gasteiger partial charge in [0.25, 0.3) is 0 Å². The van der Waals surface area contributed by atoms with Crippen LogP contribution in [0.4, 0.5) is 0 Å². The molecule has 7 aromatic rings. The summed E-state index contributed by atoms with van der Waals surface area (Å²) in [5, 5.41) is 16.0. The van der Waals surface area contributed by atoms with E-state index in [-0.39, 0.29) is 0 Å². The fourth-order valence-corrected chi connectivity index (χ4v) is 9.34. The molecule has 11 heteroatoms. The van der Waals surface area contributed by atoms with Gasteiger partial charge in [-0.05, 0) is 174 Å². The minimum Gasteiger partial charge on any atom is -0.335 e. The highest BCUT2D eigenvalue weighted by molar-refractivity contribution is 7.09. The second-order valence-electron chi connectivity index (χ2n) is 29.5. The molecule has 1 aliphatic heterocycles. The van der Waals surface area contributed by atoms with Crippen molar-refractivity contribution in [1.29, 1.82) is 0 Å². The maximum Gasteiger partial charge on any atom is 0.0953 e. The minimum atomic E-state index is 0.471. The van der Waals surface area contributed by atoms with Crippen LogP contribution in [0.1, 0.15) is 372 Å². The van der Waals surface area contributed by atoms with E-state index in [2.05, 4.69) is 351 Å². The summed E-state index contributed by atoms with van der Waals surface area (Å²) in [5.74, 6) is 7.99. The van der Waals surface area contributed by atoms with Crippen molar-refractivity contribution in [3.8, 4) is 0 Å². The van der Waals surface area contributed by atoms with Crippen molar-refractivity contribution in [1.82, 2.24) is 44.5 Å². The summed E-state index contributed by atoms with van der Waals surface area (Å²) in [5.41, 5.74) is 16.6. The zero-order valence-corrected chi connectivity index (χ0v) is 65.0. The third-order valence-corrected chi connectivity index (χ3v) is 16.8. The second-order valence-corrected chi connectivity index (χ2v) is 30.4. The summed E-state index contributed by atoms with van der Waals surface area (Å²) in [6, 6.07) is 22.6. The van der Waals surface area contributed by atoms with Crippen molar-refractivity contribution in [2.45, 2.75) is 305 Å². The number of thiazole rings is 1. The van der Waals surface area contributed by atoms with Crippen LogP contribution in [-0.2, 0) is 0 Å². The van der Waals surface area contributed by atoms with Gasteiger partial charge in [0.2, 0.25) is 0 Å². The Morgan fingerprint density at radius 1 is 0.370 bits per heavy atom. The summed E-state index contributed by atoms with van der Waals surface area (Å²) in [4.78, 5) is 22.0. The Hall–Kier alpha value is -5.94. The van der Waals surface area contributed by atoms with E-state index < -0.39 is 0 Å².